The summed E-state index contributed by atoms with van der Waals surface area (Å²) in [5, 5.41) is 12.4. The van der Waals surface area contributed by atoms with Crippen molar-refractivity contribution in [1.29, 1.82) is 0 Å². The molecule has 0 aromatic carbocycles. The van der Waals surface area contributed by atoms with Gasteiger partial charge in [0.05, 0.1) is 29.9 Å². The van der Waals surface area contributed by atoms with Crippen LogP contribution in [0.4, 0.5) is 0 Å². The zero-order valence-corrected chi connectivity index (χ0v) is 26.2. The molecule has 0 bridgehead atoms. The first-order valence-corrected chi connectivity index (χ1v) is 15.2. The molecule has 1 heterocycles. The Kier molecular flexibility index (Phi) is 10.5. The van der Waals surface area contributed by atoms with Crippen molar-refractivity contribution in [2.75, 3.05) is 12.5 Å². The predicted molar refractivity (Wildman–Crippen MR) is 152 cm³/mol. The number of epoxide rings is 1. The van der Waals surface area contributed by atoms with Crippen molar-refractivity contribution in [3.8, 4) is 0 Å². The van der Waals surface area contributed by atoms with Crippen LogP contribution in [0.15, 0.2) is 23.3 Å². The summed E-state index contributed by atoms with van der Waals surface area (Å²) in [6, 6.07) is 0. The molecule has 0 radical (unpaired) electrons. The molecule has 230 valence electrons. The van der Waals surface area contributed by atoms with Gasteiger partial charge in [0.15, 0.2) is 18.0 Å². The first-order valence-electron chi connectivity index (χ1n) is 14.7. The molecule has 3 unspecified atom stereocenters. The lowest BCUT2D eigenvalue weighted by atomic mass is 9.58. The number of allylic oxidation sites excluding steroid dienone is 2. The summed E-state index contributed by atoms with van der Waals surface area (Å²) < 4.78 is 23.7. The fourth-order valence-corrected chi connectivity index (χ4v) is 6.31. The number of Topliss-reactive ketones (excluding diaryl/α,β-unsaturated/α-hetero) is 1. The van der Waals surface area contributed by atoms with Gasteiger partial charge in [-0.25, -0.2) is 4.79 Å². The molecule has 1 aliphatic heterocycles. The van der Waals surface area contributed by atoms with Crippen LogP contribution in [0.1, 0.15) is 74.7 Å². The Morgan fingerprint density at radius 1 is 1.07 bits per heavy atom. The van der Waals surface area contributed by atoms with Gasteiger partial charge in [0.25, 0.3) is 0 Å². The molecular formula is C31H45ClO9. The third kappa shape index (κ3) is 6.27. The zero-order valence-electron chi connectivity index (χ0n) is 25.4. The normalized spacial score (nSPS) is 37.3. The van der Waals surface area contributed by atoms with Crippen molar-refractivity contribution >= 4 is 35.3 Å². The van der Waals surface area contributed by atoms with Crippen LogP contribution >= 0.6 is 11.6 Å². The number of rotatable bonds is 11. The Balaban J connectivity index is 2.25. The number of hydrogen-bond donors (Lipinski definition) is 1. The number of esters is 3. The number of aliphatic hydroxyl groups is 1. The summed E-state index contributed by atoms with van der Waals surface area (Å²) in [4.78, 5) is 53.2. The average molecular weight is 597 g/mol. The van der Waals surface area contributed by atoms with Gasteiger partial charge in [-0.1, -0.05) is 46.3 Å². The highest BCUT2D eigenvalue weighted by molar-refractivity contribution is 6.19. The molecule has 3 aliphatic rings. The first-order chi connectivity index (χ1) is 19.2. The predicted octanol–water partition coefficient (Wildman–Crippen LogP) is 4.32. The van der Waals surface area contributed by atoms with Crippen LogP contribution in [-0.4, -0.2) is 70.8 Å². The van der Waals surface area contributed by atoms with Gasteiger partial charge in [-0.15, -0.1) is 11.6 Å². The SMILES string of the molecule is C/C=C1/C(=O)[C@@H](OC(=O)C(C)CC)[C@@H]2[C@@H]1[C@H](C1(C)CO1)[C@@H](OC(=O)C(C)CC)[C@@H](OC(=O)/C=C(\C)CC)[C@]2(O)CCl. The van der Waals surface area contributed by atoms with E-state index in [1.165, 1.54) is 6.08 Å². The Morgan fingerprint density at radius 2 is 1.63 bits per heavy atom. The molecule has 1 saturated heterocycles. The van der Waals surface area contributed by atoms with E-state index in [-0.39, 0.29) is 0 Å². The van der Waals surface area contributed by atoms with Crippen LogP contribution in [0, 0.1) is 29.6 Å². The van der Waals surface area contributed by atoms with E-state index in [0.29, 0.717) is 31.4 Å². The largest absolute Gasteiger partial charge is 0.458 e. The smallest absolute Gasteiger partial charge is 0.331 e. The molecule has 3 fully saturated rings. The number of carbonyl (C=O) groups excluding carboxylic acids is 4. The highest BCUT2D eigenvalue weighted by Crippen LogP contribution is 2.59. The van der Waals surface area contributed by atoms with Crippen LogP contribution in [0.5, 0.6) is 0 Å². The minimum atomic E-state index is -2.10. The number of halogens is 1. The Bertz CT molecular complexity index is 1090. The molecule has 2 aliphatic carbocycles. The number of ketones is 1. The van der Waals surface area contributed by atoms with Gasteiger partial charge in [0.2, 0.25) is 0 Å². The second-order valence-electron chi connectivity index (χ2n) is 12.0. The van der Waals surface area contributed by atoms with Crippen molar-refractivity contribution in [3.63, 3.8) is 0 Å². The summed E-state index contributed by atoms with van der Waals surface area (Å²) in [7, 11) is 0. The van der Waals surface area contributed by atoms with E-state index in [1.807, 2.05) is 27.7 Å². The molecular weight excluding hydrogens is 552 g/mol. The summed E-state index contributed by atoms with van der Waals surface area (Å²) in [6.07, 6.45) is 0.510. The van der Waals surface area contributed by atoms with E-state index in [0.717, 1.165) is 5.57 Å². The minimum Gasteiger partial charge on any atom is -0.458 e. The lowest BCUT2D eigenvalue weighted by Gasteiger charge is -2.53. The Labute approximate surface area is 247 Å². The monoisotopic (exact) mass is 596 g/mol. The second kappa shape index (κ2) is 13.0. The maximum atomic E-state index is 13.9. The zero-order chi connectivity index (χ0) is 30.9. The van der Waals surface area contributed by atoms with Gasteiger partial charge >= 0.3 is 17.9 Å². The molecule has 0 aromatic rings. The molecule has 9 nitrogen and oxygen atoms in total. The maximum Gasteiger partial charge on any atom is 0.331 e. The van der Waals surface area contributed by atoms with Crippen molar-refractivity contribution in [2.24, 2.45) is 29.6 Å². The van der Waals surface area contributed by atoms with Gasteiger partial charge in [0.1, 0.15) is 11.7 Å². The van der Waals surface area contributed by atoms with E-state index in [4.69, 9.17) is 30.5 Å². The van der Waals surface area contributed by atoms with E-state index in [9.17, 15) is 24.3 Å². The number of fused-ring (bicyclic) bond motifs is 1. The summed E-state index contributed by atoms with van der Waals surface area (Å²) in [5.74, 6) is -6.29. The third-order valence-electron chi connectivity index (χ3n) is 9.24. The Morgan fingerprint density at radius 3 is 2.10 bits per heavy atom. The molecule has 0 amide bonds. The molecule has 3 rings (SSSR count). The summed E-state index contributed by atoms with van der Waals surface area (Å²) in [5.41, 5.74) is -1.88. The van der Waals surface area contributed by atoms with Gasteiger partial charge in [-0.05, 0) is 45.6 Å². The standard InChI is InChI=1S/C31H45ClO9/c1-9-16(5)13-20(33)39-27-26(41-29(36)18(7)11-3)22(30(8)15-38-30)21-19(12-4)24(34)25(23(21)31(27,37)14-32)40-28(35)17(6)10-2/h12-13,17-18,21-23,25-27,37H,9-11,14-15H2,1-8H3/b16-13+,19-12+/t17?,18?,21-,22-,23-,25-,26+,27+,30?,31-/m0/s1. The van der Waals surface area contributed by atoms with Crippen LogP contribution in [-0.2, 0) is 38.1 Å². The van der Waals surface area contributed by atoms with Crippen LogP contribution in [0.25, 0.3) is 0 Å². The summed E-state index contributed by atoms with van der Waals surface area (Å²) in [6.45, 7) is 14.6. The van der Waals surface area contributed by atoms with E-state index < -0.39 is 88.7 Å². The average Bonchev–Trinajstić information content (AvgIpc) is 3.63. The van der Waals surface area contributed by atoms with Crippen molar-refractivity contribution in [1.82, 2.24) is 0 Å². The fourth-order valence-electron chi connectivity index (χ4n) is 5.98. The fraction of sp³-hybridized carbons (Fsp3) is 0.742. The summed E-state index contributed by atoms with van der Waals surface area (Å²) >= 11 is 6.50. The second-order valence-corrected chi connectivity index (χ2v) is 12.3. The van der Waals surface area contributed by atoms with Gasteiger partial charge in [-0.3, -0.25) is 14.4 Å². The van der Waals surface area contributed by atoms with Crippen LogP contribution in [0.2, 0.25) is 0 Å². The molecule has 0 aromatic heterocycles. The van der Waals surface area contributed by atoms with Crippen LogP contribution < -0.4 is 0 Å². The van der Waals surface area contributed by atoms with E-state index in [1.54, 1.807) is 33.8 Å². The van der Waals surface area contributed by atoms with Crippen molar-refractivity contribution < 1.29 is 43.2 Å². The Hall–Kier alpha value is -2.23. The van der Waals surface area contributed by atoms with Gasteiger partial charge in [-0.2, -0.15) is 0 Å². The number of ether oxygens (including phenoxy) is 4. The molecule has 41 heavy (non-hydrogen) atoms. The van der Waals surface area contributed by atoms with E-state index in [2.05, 4.69) is 0 Å². The molecule has 2 saturated carbocycles. The lowest BCUT2D eigenvalue weighted by Crippen LogP contribution is -2.70. The minimum absolute atomic E-state index is 0.301. The van der Waals surface area contributed by atoms with Gasteiger partial charge in [0, 0.05) is 23.8 Å². The lowest BCUT2D eigenvalue weighted by molar-refractivity contribution is -0.243. The maximum absolute atomic E-state index is 13.9. The number of alkyl halides is 1. The first kappa shape index (κ1) is 33.3. The topological polar surface area (TPSA) is 129 Å². The van der Waals surface area contributed by atoms with E-state index >= 15 is 0 Å². The molecule has 10 atom stereocenters. The number of carbonyl (C=O) groups is 4. The highest BCUT2D eigenvalue weighted by atomic mass is 35.5. The molecule has 10 heteroatoms. The van der Waals surface area contributed by atoms with Gasteiger partial charge < -0.3 is 24.1 Å². The number of hydrogen-bond acceptors (Lipinski definition) is 9. The molecule has 1 N–H and O–H groups in total. The third-order valence-corrected chi connectivity index (χ3v) is 9.67. The highest BCUT2D eigenvalue weighted by Gasteiger charge is 2.74. The van der Waals surface area contributed by atoms with Crippen LogP contribution in [0.3, 0.4) is 0 Å². The van der Waals surface area contributed by atoms with Crippen molar-refractivity contribution in [2.45, 2.75) is 104 Å². The molecule has 0 spiro atoms. The van der Waals surface area contributed by atoms with Crippen molar-refractivity contribution in [3.05, 3.63) is 23.3 Å². The quantitative estimate of drug-likeness (QED) is 0.122.